The van der Waals surface area contributed by atoms with Crippen molar-refractivity contribution >= 4 is 0 Å². The number of halogens is 1. The Kier molecular flexibility index (Phi) is 3.94. The summed E-state index contributed by atoms with van der Waals surface area (Å²) in [5.74, 6) is 0. The molecule has 0 bridgehead atoms. The second kappa shape index (κ2) is 4.24. The predicted octanol–water partition coefficient (Wildman–Crippen LogP) is 3.81. The average Bonchev–Trinajstić information content (AvgIpc) is 1.97. The van der Waals surface area contributed by atoms with Crippen LogP contribution >= 0.6 is 0 Å². The van der Waals surface area contributed by atoms with Crippen LogP contribution in [0.25, 0.3) is 0 Å². The largest absolute Gasteiger partial charge is 0.240 e. The first-order valence-corrected chi connectivity index (χ1v) is 4.05. The topological polar surface area (TPSA) is 0 Å². The molecule has 0 aliphatic carbocycles. The van der Waals surface area contributed by atoms with Crippen LogP contribution in [0.3, 0.4) is 0 Å². The van der Waals surface area contributed by atoms with Crippen molar-refractivity contribution in [2.45, 2.75) is 33.4 Å². The third-order valence-corrected chi connectivity index (χ3v) is 1.66. The van der Waals surface area contributed by atoms with E-state index in [1.54, 1.807) is 18.2 Å². The summed E-state index contributed by atoms with van der Waals surface area (Å²) < 4.78 is 13.0. The van der Waals surface area contributed by atoms with E-state index >= 15 is 0 Å². The molecule has 0 aromatic heterocycles. The lowest BCUT2D eigenvalue weighted by Gasteiger charge is -2.06. The van der Waals surface area contributed by atoms with E-state index in [0.717, 1.165) is 11.1 Å². The van der Waals surface area contributed by atoms with Crippen LogP contribution in [0.2, 0.25) is 0 Å². The molecule has 0 fully saturated rings. The number of rotatable bonds is 3. The Balaban J connectivity index is 4.47. The molecule has 0 aromatic rings. The van der Waals surface area contributed by atoms with Gasteiger partial charge in [-0.15, -0.1) is 0 Å². The zero-order valence-electron chi connectivity index (χ0n) is 8.32. The van der Waals surface area contributed by atoms with Gasteiger partial charge in [-0.3, -0.25) is 0 Å². The highest BCUT2D eigenvalue weighted by Crippen LogP contribution is 2.13. The van der Waals surface area contributed by atoms with Crippen LogP contribution in [-0.4, -0.2) is 5.67 Å². The highest BCUT2D eigenvalue weighted by atomic mass is 19.1. The van der Waals surface area contributed by atoms with E-state index in [9.17, 15) is 4.39 Å². The Hall–Kier alpha value is -0.850. The number of alkyl halides is 1. The molecule has 0 amide bonds. The minimum Gasteiger partial charge on any atom is -0.240 e. The van der Waals surface area contributed by atoms with Crippen LogP contribution in [-0.2, 0) is 0 Å². The molecule has 0 aliphatic heterocycles. The summed E-state index contributed by atoms with van der Waals surface area (Å²) >= 11 is 0. The molecule has 1 heteroatoms. The lowest BCUT2D eigenvalue weighted by Crippen LogP contribution is -2.05. The minimum absolute atomic E-state index is 1.05. The van der Waals surface area contributed by atoms with Gasteiger partial charge in [0.2, 0.25) is 0 Å². The van der Waals surface area contributed by atoms with Gasteiger partial charge in [0, 0.05) is 0 Å². The Labute approximate surface area is 74.5 Å². The molecule has 0 aliphatic rings. The van der Waals surface area contributed by atoms with Crippen LogP contribution in [0.4, 0.5) is 4.39 Å². The first-order valence-electron chi connectivity index (χ1n) is 4.05. The van der Waals surface area contributed by atoms with Crippen LogP contribution < -0.4 is 0 Å². The highest BCUT2D eigenvalue weighted by molar-refractivity contribution is 5.29. The van der Waals surface area contributed by atoms with Crippen molar-refractivity contribution in [2.75, 3.05) is 0 Å². The van der Waals surface area contributed by atoms with Gasteiger partial charge in [0.25, 0.3) is 0 Å². The predicted molar refractivity (Wildman–Crippen MR) is 52.9 cm³/mol. The first kappa shape index (κ1) is 11.2. The second-order valence-corrected chi connectivity index (χ2v) is 3.47. The molecule has 0 saturated carbocycles. The quantitative estimate of drug-likeness (QED) is 0.562. The fourth-order valence-electron chi connectivity index (χ4n) is 0.616. The van der Waals surface area contributed by atoms with Crippen molar-refractivity contribution in [2.24, 2.45) is 0 Å². The summed E-state index contributed by atoms with van der Waals surface area (Å²) in [6, 6.07) is 0. The van der Waals surface area contributed by atoms with Gasteiger partial charge in [0.05, 0.1) is 0 Å². The van der Waals surface area contributed by atoms with Crippen molar-refractivity contribution in [3.05, 3.63) is 36.0 Å². The summed E-state index contributed by atoms with van der Waals surface area (Å²) in [6.45, 7) is 10.6. The standard InChI is InChI=1S/C11H17F/c1-6-9(2)10(3)7-8-11(4,5)12/h6-8H,1H2,2-5H3/b8-7?,10-9-. The third kappa shape index (κ3) is 4.89. The SMILES string of the molecule is C=C/C(C)=C(/C)C=CC(C)(C)F. The van der Waals surface area contributed by atoms with Crippen LogP contribution in [0.1, 0.15) is 27.7 Å². The summed E-state index contributed by atoms with van der Waals surface area (Å²) in [7, 11) is 0. The Morgan fingerprint density at radius 2 is 1.75 bits per heavy atom. The number of allylic oxidation sites excluding steroid dienone is 5. The monoisotopic (exact) mass is 168 g/mol. The van der Waals surface area contributed by atoms with E-state index in [2.05, 4.69) is 6.58 Å². The summed E-state index contributed by atoms with van der Waals surface area (Å²) in [5, 5.41) is 0. The number of hydrogen-bond donors (Lipinski definition) is 0. The highest BCUT2D eigenvalue weighted by Gasteiger charge is 2.08. The van der Waals surface area contributed by atoms with Crippen LogP contribution in [0, 0.1) is 0 Å². The van der Waals surface area contributed by atoms with Crippen molar-refractivity contribution in [3.8, 4) is 0 Å². The summed E-state index contributed by atoms with van der Waals surface area (Å²) in [6.07, 6.45) is 5.11. The Bertz CT molecular complexity index is 214. The molecular formula is C11H17F. The fraction of sp³-hybridized carbons (Fsp3) is 0.455. The minimum atomic E-state index is -1.23. The molecule has 0 spiro atoms. The molecule has 0 heterocycles. The molecule has 0 saturated heterocycles. The molecule has 0 rings (SSSR count). The third-order valence-electron chi connectivity index (χ3n) is 1.66. The van der Waals surface area contributed by atoms with E-state index in [4.69, 9.17) is 0 Å². The van der Waals surface area contributed by atoms with Crippen LogP contribution in [0.5, 0.6) is 0 Å². The van der Waals surface area contributed by atoms with Gasteiger partial charge in [0.1, 0.15) is 5.67 Å². The maximum absolute atomic E-state index is 13.0. The van der Waals surface area contributed by atoms with Crippen molar-refractivity contribution in [3.63, 3.8) is 0 Å². The molecule has 0 N–H and O–H groups in total. The van der Waals surface area contributed by atoms with Gasteiger partial charge in [-0.25, -0.2) is 4.39 Å². The van der Waals surface area contributed by atoms with E-state index in [1.807, 2.05) is 13.8 Å². The molecule has 0 atom stereocenters. The summed E-state index contributed by atoms with van der Waals surface area (Å²) in [5.41, 5.74) is 0.897. The van der Waals surface area contributed by atoms with Gasteiger partial charge in [-0.1, -0.05) is 18.7 Å². The van der Waals surface area contributed by atoms with Gasteiger partial charge in [0.15, 0.2) is 0 Å². The Morgan fingerprint density at radius 1 is 1.25 bits per heavy atom. The van der Waals surface area contributed by atoms with Gasteiger partial charge < -0.3 is 0 Å². The molecular weight excluding hydrogens is 151 g/mol. The maximum Gasteiger partial charge on any atom is 0.123 e. The lowest BCUT2D eigenvalue weighted by atomic mass is 10.1. The van der Waals surface area contributed by atoms with E-state index < -0.39 is 5.67 Å². The smallest absolute Gasteiger partial charge is 0.123 e. The van der Waals surface area contributed by atoms with E-state index in [0.29, 0.717) is 0 Å². The van der Waals surface area contributed by atoms with E-state index in [-0.39, 0.29) is 0 Å². The average molecular weight is 168 g/mol. The maximum atomic E-state index is 13.0. The normalized spacial score (nSPS) is 14.8. The second-order valence-electron chi connectivity index (χ2n) is 3.47. The molecule has 0 aromatic carbocycles. The molecule has 0 radical (unpaired) electrons. The van der Waals surface area contributed by atoms with Gasteiger partial charge >= 0.3 is 0 Å². The lowest BCUT2D eigenvalue weighted by molar-refractivity contribution is 0.287. The van der Waals surface area contributed by atoms with Gasteiger partial charge in [-0.2, -0.15) is 0 Å². The first-order chi connectivity index (χ1) is 5.37. The van der Waals surface area contributed by atoms with E-state index in [1.165, 1.54) is 13.8 Å². The molecule has 68 valence electrons. The zero-order valence-corrected chi connectivity index (χ0v) is 8.32. The van der Waals surface area contributed by atoms with Crippen molar-refractivity contribution < 1.29 is 4.39 Å². The zero-order chi connectivity index (χ0) is 9.78. The van der Waals surface area contributed by atoms with Gasteiger partial charge in [-0.05, 0) is 44.9 Å². The van der Waals surface area contributed by atoms with Crippen molar-refractivity contribution in [1.29, 1.82) is 0 Å². The van der Waals surface area contributed by atoms with Crippen LogP contribution in [0.15, 0.2) is 36.0 Å². The molecule has 0 unspecified atom stereocenters. The number of hydrogen-bond acceptors (Lipinski definition) is 0. The Morgan fingerprint density at radius 3 is 2.08 bits per heavy atom. The fourth-order valence-corrected chi connectivity index (χ4v) is 0.616. The molecule has 12 heavy (non-hydrogen) atoms. The molecule has 0 nitrogen and oxygen atoms in total. The van der Waals surface area contributed by atoms with Crippen molar-refractivity contribution in [1.82, 2.24) is 0 Å². The summed E-state index contributed by atoms with van der Waals surface area (Å²) in [4.78, 5) is 0.